The number of ether oxygens (including phenoxy) is 2. The molecule has 1 aromatic rings. The molecule has 20 heavy (non-hydrogen) atoms. The topological polar surface area (TPSA) is 67.8 Å². The quantitative estimate of drug-likeness (QED) is 0.766. The Morgan fingerprint density at radius 3 is 2.55 bits per heavy atom. The summed E-state index contributed by atoms with van der Waals surface area (Å²) in [5.74, 6) is 0.467. The van der Waals surface area contributed by atoms with E-state index in [0.717, 1.165) is 18.5 Å². The predicted octanol–water partition coefficient (Wildman–Crippen LogP) is 2.39. The minimum absolute atomic E-state index is 0.0312. The van der Waals surface area contributed by atoms with Gasteiger partial charge in [-0.25, -0.2) is 0 Å². The zero-order valence-electron chi connectivity index (χ0n) is 12.5. The highest BCUT2D eigenvalue weighted by atomic mass is 16.5. The highest BCUT2D eigenvalue weighted by Gasteiger charge is 2.32. The maximum atomic E-state index is 11.2. The molecule has 0 aliphatic carbocycles. The van der Waals surface area contributed by atoms with E-state index in [1.807, 2.05) is 19.9 Å². The number of carboxylic acid groups (broad SMARTS) is 1. The van der Waals surface area contributed by atoms with E-state index in [-0.39, 0.29) is 6.42 Å². The van der Waals surface area contributed by atoms with Crippen LogP contribution in [-0.4, -0.2) is 31.8 Å². The molecule has 0 heterocycles. The van der Waals surface area contributed by atoms with Gasteiger partial charge in [0.05, 0.1) is 26.2 Å². The van der Waals surface area contributed by atoms with E-state index in [9.17, 15) is 9.90 Å². The molecule has 0 saturated heterocycles. The third kappa shape index (κ3) is 3.87. The van der Waals surface area contributed by atoms with Gasteiger partial charge in [0.1, 0.15) is 11.5 Å². The number of hydrogen-bond donors (Lipinski definition) is 2. The minimum atomic E-state index is -0.860. The minimum Gasteiger partial charge on any atom is -0.497 e. The normalized spacial score (nSPS) is 13.6. The van der Waals surface area contributed by atoms with Crippen LogP contribution in [0.1, 0.15) is 32.3 Å². The van der Waals surface area contributed by atoms with Gasteiger partial charge in [0.15, 0.2) is 0 Å². The van der Waals surface area contributed by atoms with E-state index >= 15 is 0 Å². The molecule has 0 saturated carbocycles. The van der Waals surface area contributed by atoms with E-state index in [2.05, 4.69) is 5.32 Å². The summed E-state index contributed by atoms with van der Waals surface area (Å²) in [4.78, 5) is 11.2. The van der Waals surface area contributed by atoms with Crippen molar-refractivity contribution in [1.29, 1.82) is 0 Å². The van der Waals surface area contributed by atoms with Gasteiger partial charge in [-0.15, -0.1) is 0 Å². The summed E-state index contributed by atoms with van der Waals surface area (Å²) in [5, 5.41) is 12.5. The van der Waals surface area contributed by atoms with Crippen LogP contribution in [0, 0.1) is 0 Å². The van der Waals surface area contributed by atoms with Crippen molar-refractivity contribution in [3.8, 4) is 11.5 Å². The smallest absolute Gasteiger partial charge is 0.305 e. The number of methoxy groups -OCH3 is 2. The molecule has 112 valence electrons. The first-order valence-corrected chi connectivity index (χ1v) is 6.66. The predicted molar refractivity (Wildman–Crippen MR) is 77.4 cm³/mol. The average molecular weight is 281 g/mol. The van der Waals surface area contributed by atoms with Crippen molar-refractivity contribution in [2.24, 2.45) is 0 Å². The van der Waals surface area contributed by atoms with Gasteiger partial charge in [0.25, 0.3) is 0 Å². The molecule has 1 rings (SSSR count). The largest absolute Gasteiger partial charge is 0.497 e. The summed E-state index contributed by atoms with van der Waals surface area (Å²) in [6, 6.07) is 5.41. The van der Waals surface area contributed by atoms with Crippen molar-refractivity contribution < 1.29 is 19.4 Å². The Balaban J connectivity index is 3.26. The number of carbonyl (C=O) groups is 1. The van der Waals surface area contributed by atoms with Gasteiger partial charge in [0.2, 0.25) is 0 Å². The highest BCUT2D eigenvalue weighted by Crippen LogP contribution is 2.35. The molecule has 0 aliphatic heterocycles. The molecule has 0 radical (unpaired) electrons. The molecule has 0 bridgehead atoms. The van der Waals surface area contributed by atoms with Crippen LogP contribution in [0.25, 0.3) is 0 Å². The Hall–Kier alpha value is -1.75. The van der Waals surface area contributed by atoms with Gasteiger partial charge in [-0.2, -0.15) is 0 Å². The molecule has 0 fully saturated rings. The molecule has 0 spiro atoms. The molecule has 5 nitrogen and oxygen atoms in total. The summed E-state index contributed by atoms with van der Waals surface area (Å²) in [6.45, 7) is 4.63. The lowest BCUT2D eigenvalue weighted by Gasteiger charge is -2.31. The Labute approximate surface area is 119 Å². The van der Waals surface area contributed by atoms with Gasteiger partial charge < -0.3 is 19.9 Å². The van der Waals surface area contributed by atoms with Crippen LogP contribution in [0.2, 0.25) is 0 Å². The van der Waals surface area contributed by atoms with E-state index in [0.29, 0.717) is 11.5 Å². The Kier molecular flexibility index (Phi) is 5.82. The van der Waals surface area contributed by atoms with Crippen molar-refractivity contribution in [2.45, 2.75) is 32.2 Å². The Morgan fingerprint density at radius 2 is 2.05 bits per heavy atom. The third-order valence-corrected chi connectivity index (χ3v) is 3.27. The van der Waals surface area contributed by atoms with Gasteiger partial charge in [-0.3, -0.25) is 4.79 Å². The first kappa shape index (κ1) is 16.3. The zero-order valence-corrected chi connectivity index (χ0v) is 12.5. The fourth-order valence-electron chi connectivity index (χ4n) is 2.20. The maximum Gasteiger partial charge on any atom is 0.305 e. The molecule has 1 unspecified atom stereocenters. The van der Waals surface area contributed by atoms with Gasteiger partial charge in [-0.1, -0.05) is 6.92 Å². The fraction of sp³-hybridized carbons (Fsp3) is 0.533. The number of hydrogen-bond acceptors (Lipinski definition) is 4. The summed E-state index contributed by atoms with van der Waals surface area (Å²) in [6.07, 6.45) is 0.887. The molecule has 1 atom stereocenters. The number of nitrogens with one attached hydrogen (secondary N) is 1. The van der Waals surface area contributed by atoms with Crippen molar-refractivity contribution in [3.05, 3.63) is 23.8 Å². The number of aliphatic carboxylic acids is 1. The van der Waals surface area contributed by atoms with E-state index < -0.39 is 11.5 Å². The fourth-order valence-corrected chi connectivity index (χ4v) is 2.20. The lowest BCUT2D eigenvalue weighted by Crippen LogP contribution is -2.42. The maximum absolute atomic E-state index is 11.2. The van der Waals surface area contributed by atoms with Crippen LogP contribution in [0.3, 0.4) is 0 Å². The van der Waals surface area contributed by atoms with Gasteiger partial charge >= 0.3 is 5.97 Å². The van der Waals surface area contributed by atoms with E-state index in [4.69, 9.17) is 9.47 Å². The van der Waals surface area contributed by atoms with Crippen molar-refractivity contribution in [2.75, 3.05) is 20.8 Å². The zero-order chi connectivity index (χ0) is 15.2. The summed E-state index contributed by atoms with van der Waals surface area (Å²) < 4.78 is 10.6. The first-order valence-electron chi connectivity index (χ1n) is 6.66. The summed E-state index contributed by atoms with van der Waals surface area (Å²) >= 11 is 0. The first-order chi connectivity index (χ1) is 9.46. The number of benzene rings is 1. The van der Waals surface area contributed by atoms with Crippen LogP contribution in [0.5, 0.6) is 11.5 Å². The highest BCUT2D eigenvalue weighted by molar-refractivity contribution is 5.69. The lowest BCUT2D eigenvalue weighted by molar-refractivity contribution is -0.138. The molecule has 5 heteroatoms. The second-order valence-corrected chi connectivity index (χ2v) is 4.90. The van der Waals surface area contributed by atoms with Crippen LogP contribution in [0.4, 0.5) is 0 Å². The molecule has 1 aromatic carbocycles. The van der Waals surface area contributed by atoms with Crippen molar-refractivity contribution >= 4 is 5.97 Å². The van der Waals surface area contributed by atoms with Gasteiger partial charge in [0, 0.05) is 5.56 Å². The lowest BCUT2D eigenvalue weighted by atomic mass is 9.87. The van der Waals surface area contributed by atoms with Crippen LogP contribution in [-0.2, 0) is 10.3 Å². The Morgan fingerprint density at radius 1 is 1.35 bits per heavy atom. The molecule has 2 N–H and O–H groups in total. The second-order valence-electron chi connectivity index (χ2n) is 4.90. The average Bonchev–Trinajstić information content (AvgIpc) is 2.43. The van der Waals surface area contributed by atoms with Crippen LogP contribution >= 0.6 is 0 Å². The molecular weight excluding hydrogens is 258 g/mol. The third-order valence-electron chi connectivity index (χ3n) is 3.27. The van der Waals surface area contributed by atoms with Gasteiger partial charge in [-0.05, 0) is 38.1 Å². The molecule has 0 aromatic heterocycles. The van der Waals surface area contributed by atoms with E-state index in [1.165, 1.54) is 0 Å². The molecule has 0 aliphatic rings. The van der Waals surface area contributed by atoms with Crippen molar-refractivity contribution in [1.82, 2.24) is 5.32 Å². The van der Waals surface area contributed by atoms with Crippen LogP contribution in [0.15, 0.2) is 18.2 Å². The SMILES string of the molecule is CCCNC(C)(CC(=O)O)c1cc(OC)ccc1OC. The number of rotatable bonds is 8. The number of carboxylic acids is 1. The summed E-state index contributed by atoms with van der Waals surface area (Å²) in [5.41, 5.74) is 0.0806. The monoisotopic (exact) mass is 281 g/mol. The second kappa shape index (κ2) is 7.14. The molecule has 0 amide bonds. The van der Waals surface area contributed by atoms with Crippen molar-refractivity contribution in [3.63, 3.8) is 0 Å². The van der Waals surface area contributed by atoms with Crippen LogP contribution < -0.4 is 14.8 Å². The Bertz CT molecular complexity index is 461. The summed E-state index contributed by atoms with van der Waals surface area (Å²) in [7, 11) is 3.16. The van der Waals surface area contributed by atoms with E-state index in [1.54, 1.807) is 26.4 Å². The standard InChI is InChI=1S/C15H23NO4/c1-5-8-16-15(2,10-14(17)18)12-9-11(19-3)6-7-13(12)20-4/h6-7,9,16H,5,8,10H2,1-4H3,(H,17,18). The molecular formula is C15H23NO4.